The van der Waals surface area contributed by atoms with Crippen LogP contribution in [0, 0.1) is 6.92 Å². The van der Waals surface area contributed by atoms with Gasteiger partial charge >= 0.3 is 0 Å². The predicted molar refractivity (Wildman–Crippen MR) is 82.6 cm³/mol. The van der Waals surface area contributed by atoms with Gasteiger partial charge in [-0.25, -0.2) is 0 Å². The van der Waals surface area contributed by atoms with Crippen LogP contribution in [-0.4, -0.2) is 22.0 Å². The Bertz CT molecular complexity index is 608. The molecule has 0 spiro atoms. The highest BCUT2D eigenvalue weighted by molar-refractivity contribution is 5.41. The maximum absolute atomic E-state index is 9.79. The number of ether oxygens (including phenoxy) is 1. The summed E-state index contributed by atoms with van der Waals surface area (Å²) in [7, 11) is 1.54. The number of aryl methyl sites for hydroxylation is 2. The Hall–Kier alpha value is -2.01. The number of phenolic OH excluding ortho intramolecular Hbond substituents is 1. The molecule has 5 nitrogen and oxygen atoms in total. The fourth-order valence-corrected chi connectivity index (χ4v) is 2.35. The molecule has 0 saturated carbocycles. The molecule has 1 atom stereocenters. The van der Waals surface area contributed by atoms with Gasteiger partial charge in [0.15, 0.2) is 11.5 Å². The van der Waals surface area contributed by atoms with Gasteiger partial charge in [0.1, 0.15) is 0 Å². The summed E-state index contributed by atoms with van der Waals surface area (Å²) in [5.41, 5.74) is 3.27. The molecule has 1 aromatic heterocycles. The lowest BCUT2D eigenvalue weighted by Crippen LogP contribution is -2.18. The summed E-state index contributed by atoms with van der Waals surface area (Å²) in [6.07, 6.45) is 2.08. The van der Waals surface area contributed by atoms with Gasteiger partial charge in [-0.1, -0.05) is 6.07 Å². The first-order valence-corrected chi connectivity index (χ1v) is 7.18. The second-order valence-corrected chi connectivity index (χ2v) is 5.13. The van der Waals surface area contributed by atoms with Crippen molar-refractivity contribution in [2.45, 2.75) is 39.9 Å². The van der Waals surface area contributed by atoms with Crippen molar-refractivity contribution in [2.75, 3.05) is 7.11 Å². The van der Waals surface area contributed by atoms with E-state index in [1.54, 1.807) is 19.2 Å². The number of nitrogens with zero attached hydrogens (tertiary/aromatic N) is 2. The molecule has 2 N–H and O–H groups in total. The molecule has 2 rings (SSSR count). The topological polar surface area (TPSA) is 59.3 Å². The summed E-state index contributed by atoms with van der Waals surface area (Å²) >= 11 is 0. The largest absolute Gasteiger partial charge is 0.504 e. The molecule has 5 heteroatoms. The van der Waals surface area contributed by atoms with Gasteiger partial charge in [-0.15, -0.1) is 0 Å². The van der Waals surface area contributed by atoms with Crippen LogP contribution in [0.1, 0.15) is 36.7 Å². The molecule has 0 saturated heterocycles. The van der Waals surface area contributed by atoms with Crippen molar-refractivity contribution < 1.29 is 9.84 Å². The van der Waals surface area contributed by atoms with E-state index in [2.05, 4.69) is 30.5 Å². The number of benzene rings is 1. The second kappa shape index (κ2) is 6.63. The highest BCUT2D eigenvalue weighted by Crippen LogP contribution is 2.26. The number of aromatic hydroxyl groups is 1. The van der Waals surface area contributed by atoms with Crippen LogP contribution < -0.4 is 10.1 Å². The Morgan fingerprint density at radius 1 is 1.43 bits per heavy atom. The van der Waals surface area contributed by atoms with Gasteiger partial charge in [-0.05, 0) is 38.5 Å². The Balaban J connectivity index is 2.01. The van der Waals surface area contributed by atoms with Crippen molar-refractivity contribution in [1.82, 2.24) is 15.1 Å². The van der Waals surface area contributed by atoms with E-state index in [1.807, 2.05) is 17.7 Å². The average Bonchev–Trinajstić information content (AvgIpc) is 2.86. The molecule has 21 heavy (non-hydrogen) atoms. The molecule has 0 fully saturated rings. The van der Waals surface area contributed by atoms with Gasteiger partial charge in [-0.2, -0.15) is 5.10 Å². The van der Waals surface area contributed by atoms with Crippen molar-refractivity contribution in [3.63, 3.8) is 0 Å². The molecule has 0 amide bonds. The SMILES string of the molecule is CCn1cc(C(C)NCc2ccc(OC)c(O)c2)c(C)n1. The minimum Gasteiger partial charge on any atom is -0.504 e. The summed E-state index contributed by atoms with van der Waals surface area (Å²) in [5.74, 6) is 0.659. The smallest absolute Gasteiger partial charge is 0.160 e. The quantitative estimate of drug-likeness (QED) is 0.858. The zero-order chi connectivity index (χ0) is 15.4. The summed E-state index contributed by atoms with van der Waals surface area (Å²) in [4.78, 5) is 0. The first-order valence-electron chi connectivity index (χ1n) is 7.18. The lowest BCUT2D eigenvalue weighted by Gasteiger charge is -2.14. The van der Waals surface area contributed by atoms with E-state index in [4.69, 9.17) is 4.74 Å². The van der Waals surface area contributed by atoms with E-state index in [-0.39, 0.29) is 11.8 Å². The number of methoxy groups -OCH3 is 1. The monoisotopic (exact) mass is 289 g/mol. The Labute approximate surface area is 125 Å². The van der Waals surface area contributed by atoms with Gasteiger partial charge in [-0.3, -0.25) is 4.68 Å². The van der Waals surface area contributed by atoms with Crippen LogP contribution in [-0.2, 0) is 13.1 Å². The molecule has 1 aromatic carbocycles. The minimum absolute atomic E-state index is 0.166. The number of hydrogen-bond acceptors (Lipinski definition) is 4. The van der Waals surface area contributed by atoms with Crippen molar-refractivity contribution in [3.8, 4) is 11.5 Å². The third kappa shape index (κ3) is 3.55. The van der Waals surface area contributed by atoms with Crippen LogP contribution in [0.2, 0.25) is 0 Å². The van der Waals surface area contributed by atoms with Gasteiger partial charge in [0.05, 0.1) is 12.8 Å². The molecule has 2 aromatic rings. The molecule has 0 bridgehead atoms. The van der Waals surface area contributed by atoms with Crippen LogP contribution in [0.5, 0.6) is 11.5 Å². The van der Waals surface area contributed by atoms with Gasteiger partial charge in [0.2, 0.25) is 0 Å². The van der Waals surface area contributed by atoms with Crippen molar-refractivity contribution in [3.05, 3.63) is 41.2 Å². The molecule has 114 valence electrons. The molecule has 1 unspecified atom stereocenters. The summed E-state index contributed by atoms with van der Waals surface area (Å²) in [6, 6.07) is 5.65. The maximum Gasteiger partial charge on any atom is 0.160 e. The number of phenols is 1. The standard InChI is InChI=1S/C16H23N3O2/c1-5-19-10-14(12(3)18-19)11(2)17-9-13-6-7-16(21-4)15(20)8-13/h6-8,10-11,17,20H,5,9H2,1-4H3. The number of nitrogens with one attached hydrogen (secondary N) is 1. The van der Waals surface area contributed by atoms with Crippen molar-refractivity contribution >= 4 is 0 Å². The van der Waals surface area contributed by atoms with Crippen LogP contribution in [0.3, 0.4) is 0 Å². The van der Waals surface area contributed by atoms with E-state index in [1.165, 1.54) is 5.56 Å². The maximum atomic E-state index is 9.79. The number of hydrogen-bond donors (Lipinski definition) is 2. The van der Waals surface area contributed by atoms with Crippen molar-refractivity contribution in [2.24, 2.45) is 0 Å². The first-order chi connectivity index (χ1) is 10.0. The number of rotatable bonds is 6. The molecule has 1 heterocycles. The van der Waals surface area contributed by atoms with Gasteiger partial charge < -0.3 is 15.2 Å². The van der Waals surface area contributed by atoms with E-state index >= 15 is 0 Å². The average molecular weight is 289 g/mol. The fraction of sp³-hybridized carbons (Fsp3) is 0.438. The zero-order valence-electron chi connectivity index (χ0n) is 13.1. The van der Waals surface area contributed by atoms with E-state index in [9.17, 15) is 5.11 Å². The van der Waals surface area contributed by atoms with Crippen LogP contribution in [0.15, 0.2) is 24.4 Å². The third-order valence-corrected chi connectivity index (χ3v) is 3.63. The first kappa shape index (κ1) is 15.4. The number of aromatic nitrogens is 2. The molecule has 0 aliphatic heterocycles. The molecular weight excluding hydrogens is 266 g/mol. The highest BCUT2D eigenvalue weighted by Gasteiger charge is 2.12. The van der Waals surface area contributed by atoms with Crippen LogP contribution in [0.25, 0.3) is 0 Å². The second-order valence-electron chi connectivity index (χ2n) is 5.13. The third-order valence-electron chi connectivity index (χ3n) is 3.63. The predicted octanol–water partition coefficient (Wildman–Crippen LogP) is 2.78. The Kier molecular flexibility index (Phi) is 4.85. The normalized spacial score (nSPS) is 12.4. The highest BCUT2D eigenvalue weighted by atomic mass is 16.5. The summed E-state index contributed by atoms with van der Waals surface area (Å²) in [6.45, 7) is 7.77. The van der Waals surface area contributed by atoms with Crippen LogP contribution in [0.4, 0.5) is 0 Å². The molecular formula is C16H23N3O2. The summed E-state index contributed by atoms with van der Waals surface area (Å²) in [5, 5.41) is 17.7. The lowest BCUT2D eigenvalue weighted by molar-refractivity contribution is 0.373. The Morgan fingerprint density at radius 2 is 2.19 bits per heavy atom. The zero-order valence-corrected chi connectivity index (χ0v) is 13.1. The fourth-order valence-electron chi connectivity index (χ4n) is 2.35. The molecule has 0 aliphatic carbocycles. The molecule has 0 radical (unpaired) electrons. The van der Waals surface area contributed by atoms with E-state index in [0.717, 1.165) is 17.8 Å². The van der Waals surface area contributed by atoms with E-state index < -0.39 is 0 Å². The van der Waals surface area contributed by atoms with Gasteiger partial charge in [0.25, 0.3) is 0 Å². The van der Waals surface area contributed by atoms with Crippen molar-refractivity contribution in [1.29, 1.82) is 0 Å². The lowest BCUT2D eigenvalue weighted by atomic mass is 10.1. The van der Waals surface area contributed by atoms with Crippen LogP contribution >= 0.6 is 0 Å². The Morgan fingerprint density at radius 3 is 2.76 bits per heavy atom. The van der Waals surface area contributed by atoms with E-state index in [0.29, 0.717) is 12.3 Å². The summed E-state index contributed by atoms with van der Waals surface area (Å²) < 4.78 is 6.99. The van der Waals surface area contributed by atoms with Gasteiger partial charge in [0, 0.05) is 30.9 Å². The minimum atomic E-state index is 0.166. The molecule has 0 aliphatic rings.